The highest BCUT2D eigenvalue weighted by Crippen LogP contribution is 2.20. The van der Waals surface area contributed by atoms with Gasteiger partial charge in [-0.2, -0.15) is 0 Å². The second-order valence-electron chi connectivity index (χ2n) is 6.81. The zero-order valence-electron chi connectivity index (χ0n) is 15.3. The van der Waals surface area contributed by atoms with E-state index in [0.29, 0.717) is 13.2 Å². The van der Waals surface area contributed by atoms with Crippen molar-refractivity contribution in [3.8, 4) is 0 Å². The van der Waals surface area contributed by atoms with Gasteiger partial charge < -0.3 is 9.30 Å². The molecule has 2 aromatic rings. The van der Waals surface area contributed by atoms with Gasteiger partial charge in [-0.15, -0.1) is 0 Å². The maximum atomic E-state index is 12.0. The zero-order valence-corrected chi connectivity index (χ0v) is 15.3. The first-order valence-electron chi connectivity index (χ1n) is 9.28. The molecule has 26 heavy (non-hydrogen) atoms. The van der Waals surface area contributed by atoms with E-state index in [0.717, 1.165) is 38.0 Å². The van der Waals surface area contributed by atoms with Gasteiger partial charge in [0.1, 0.15) is 0 Å². The van der Waals surface area contributed by atoms with Gasteiger partial charge in [-0.1, -0.05) is 30.3 Å². The van der Waals surface area contributed by atoms with Gasteiger partial charge in [0.15, 0.2) is 0 Å². The van der Waals surface area contributed by atoms with Gasteiger partial charge in [0, 0.05) is 25.4 Å². The van der Waals surface area contributed by atoms with E-state index in [1.54, 1.807) is 22.9 Å². The highest BCUT2D eigenvalue weighted by Gasteiger charge is 2.26. The molecule has 2 heterocycles. The van der Waals surface area contributed by atoms with Gasteiger partial charge in [0.2, 0.25) is 0 Å². The molecule has 1 aliphatic rings. The second kappa shape index (κ2) is 8.81. The van der Waals surface area contributed by atoms with Crippen molar-refractivity contribution >= 4 is 5.97 Å². The lowest BCUT2D eigenvalue weighted by atomic mass is 9.97. The van der Waals surface area contributed by atoms with E-state index in [1.165, 1.54) is 5.56 Å². The predicted molar refractivity (Wildman–Crippen MR) is 101 cm³/mol. The molecule has 0 bridgehead atoms. The smallest absolute Gasteiger partial charge is 0.310 e. The number of rotatable bonds is 6. The number of benzene rings is 1. The summed E-state index contributed by atoms with van der Waals surface area (Å²) in [5.74, 6) is -0.0752. The summed E-state index contributed by atoms with van der Waals surface area (Å²) < 4.78 is 6.87. The lowest BCUT2D eigenvalue weighted by molar-refractivity contribution is -0.150. The number of likely N-dealkylation sites (tertiary alicyclic amines) is 1. The number of carbonyl (C=O) groups is 1. The minimum absolute atomic E-state index is 0.00655. The Morgan fingerprint density at radius 2 is 1.85 bits per heavy atom. The van der Waals surface area contributed by atoms with Gasteiger partial charge in [0.25, 0.3) is 5.56 Å². The molecule has 0 spiro atoms. The van der Waals surface area contributed by atoms with Crippen molar-refractivity contribution in [2.45, 2.75) is 32.9 Å². The average Bonchev–Trinajstić information content (AvgIpc) is 2.66. The Hall–Kier alpha value is -2.40. The number of esters is 1. The standard InChI is InChI=1S/C21H26N2O3/c1-2-26-21(25)19-6-5-12-22(16-19)14-17-8-10-18(11-9-17)15-23-13-4-3-7-20(23)24/h3-4,7-11,13,19H,2,5-6,12,14-16H2,1H3. The quantitative estimate of drug-likeness (QED) is 0.749. The highest BCUT2D eigenvalue weighted by molar-refractivity contribution is 5.72. The van der Waals surface area contributed by atoms with Crippen molar-refractivity contribution in [3.63, 3.8) is 0 Å². The van der Waals surface area contributed by atoms with Crippen LogP contribution in [-0.2, 0) is 22.6 Å². The molecule has 5 nitrogen and oxygen atoms in total. The molecule has 1 aromatic carbocycles. The van der Waals surface area contributed by atoms with Crippen LogP contribution in [0.3, 0.4) is 0 Å². The van der Waals surface area contributed by atoms with Crippen molar-refractivity contribution in [2.24, 2.45) is 5.92 Å². The number of aromatic nitrogens is 1. The Kier molecular flexibility index (Phi) is 6.23. The van der Waals surface area contributed by atoms with Crippen LogP contribution in [0.1, 0.15) is 30.9 Å². The molecule has 0 N–H and O–H groups in total. The molecule has 0 radical (unpaired) electrons. The van der Waals surface area contributed by atoms with Crippen molar-refractivity contribution in [2.75, 3.05) is 19.7 Å². The fourth-order valence-corrected chi connectivity index (χ4v) is 3.45. The van der Waals surface area contributed by atoms with Crippen LogP contribution < -0.4 is 5.56 Å². The van der Waals surface area contributed by atoms with Crippen LogP contribution in [-0.4, -0.2) is 35.1 Å². The van der Waals surface area contributed by atoms with Crippen molar-refractivity contribution < 1.29 is 9.53 Å². The van der Waals surface area contributed by atoms with E-state index >= 15 is 0 Å². The molecule has 1 unspecified atom stereocenters. The summed E-state index contributed by atoms with van der Waals surface area (Å²) in [5, 5.41) is 0. The van der Waals surface area contributed by atoms with Gasteiger partial charge in [0.05, 0.1) is 19.1 Å². The van der Waals surface area contributed by atoms with E-state index in [9.17, 15) is 9.59 Å². The second-order valence-corrected chi connectivity index (χ2v) is 6.81. The highest BCUT2D eigenvalue weighted by atomic mass is 16.5. The molecule has 1 aliphatic heterocycles. The zero-order chi connectivity index (χ0) is 18.4. The molecule has 5 heteroatoms. The molecule has 0 aliphatic carbocycles. The van der Waals surface area contributed by atoms with Gasteiger partial charge in [-0.3, -0.25) is 14.5 Å². The van der Waals surface area contributed by atoms with Gasteiger partial charge >= 0.3 is 5.97 Å². The number of hydrogen-bond donors (Lipinski definition) is 0. The Bertz CT molecular complexity index is 782. The molecular weight excluding hydrogens is 328 g/mol. The van der Waals surface area contributed by atoms with E-state index in [-0.39, 0.29) is 17.4 Å². The molecule has 1 atom stereocenters. The number of ether oxygens (including phenoxy) is 1. The molecule has 3 rings (SSSR count). The summed E-state index contributed by atoms with van der Waals surface area (Å²) in [5.41, 5.74) is 2.33. The van der Waals surface area contributed by atoms with Crippen LogP contribution in [0.25, 0.3) is 0 Å². The lowest BCUT2D eigenvalue weighted by Gasteiger charge is -2.31. The minimum atomic E-state index is -0.0687. The van der Waals surface area contributed by atoms with Crippen molar-refractivity contribution in [1.29, 1.82) is 0 Å². The number of nitrogens with zero attached hydrogens (tertiary/aromatic N) is 2. The third kappa shape index (κ3) is 4.82. The Balaban J connectivity index is 1.58. The van der Waals surface area contributed by atoms with Gasteiger partial charge in [-0.05, 0) is 43.5 Å². The minimum Gasteiger partial charge on any atom is -0.466 e. The predicted octanol–water partition coefficient (Wildman–Crippen LogP) is 2.67. The van der Waals surface area contributed by atoms with E-state index in [1.807, 2.05) is 13.0 Å². The van der Waals surface area contributed by atoms with Crippen LogP contribution in [0.2, 0.25) is 0 Å². The summed E-state index contributed by atoms with van der Waals surface area (Å²) >= 11 is 0. The summed E-state index contributed by atoms with van der Waals surface area (Å²) in [7, 11) is 0. The normalized spacial score (nSPS) is 17.8. The number of piperidine rings is 1. The third-order valence-electron chi connectivity index (χ3n) is 4.81. The summed E-state index contributed by atoms with van der Waals surface area (Å²) in [6.45, 7) is 5.48. The van der Waals surface area contributed by atoms with Crippen LogP contribution >= 0.6 is 0 Å². The van der Waals surface area contributed by atoms with Gasteiger partial charge in [-0.25, -0.2) is 0 Å². The number of hydrogen-bond acceptors (Lipinski definition) is 4. The first-order chi connectivity index (χ1) is 12.7. The Morgan fingerprint density at radius 1 is 1.12 bits per heavy atom. The van der Waals surface area contributed by atoms with Crippen LogP contribution in [0, 0.1) is 5.92 Å². The molecule has 1 fully saturated rings. The third-order valence-corrected chi connectivity index (χ3v) is 4.81. The molecule has 1 aromatic heterocycles. The van der Waals surface area contributed by atoms with Crippen LogP contribution in [0.15, 0.2) is 53.5 Å². The van der Waals surface area contributed by atoms with E-state index in [4.69, 9.17) is 4.74 Å². The molecule has 0 amide bonds. The summed E-state index contributed by atoms with van der Waals surface area (Å²) in [6, 6.07) is 13.6. The molecule has 1 saturated heterocycles. The number of pyridine rings is 1. The average molecular weight is 354 g/mol. The van der Waals surface area contributed by atoms with Crippen LogP contribution in [0.4, 0.5) is 0 Å². The van der Waals surface area contributed by atoms with Crippen molar-refractivity contribution in [1.82, 2.24) is 9.47 Å². The Morgan fingerprint density at radius 3 is 2.54 bits per heavy atom. The van der Waals surface area contributed by atoms with Crippen molar-refractivity contribution in [3.05, 3.63) is 70.1 Å². The van der Waals surface area contributed by atoms with Crippen LogP contribution in [0.5, 0.6) is 0 Å². The fraction of sp³-hybridized carbons (Fsp3) is 0.429. The monoisotopic (exact) mass is 354 g/mol. The molecular formula is C21H26N2O3. The maximum absolute atomic E-state index is 12.0. The molecule has 0 saturated carbocycles. The summed E-state index contributed by atoms with van der Waals surface area (Å²) in [6.07, 6.45) is 3.75. The first-order valence-corrected chi connectivity index (χ1v) is 9.28. The van der Waals surface area contributed by atoms with E-state index in [2.05, 4.69) is 29.2 Å². The SMILES string of the molecule is CCOC(=O)C1CCCN(Cc2ccc(Cn3ccccc3=O)cc2)C1. The molecule has 138 valence electrons. The fourth-order valence-electron chi connectivity index (χ4n) is 3.45. The summed E-state index contributed by atoms with van der Waals surface area (Å²) in [4.78, 5) is 26.1. The Labute approximate surface area is 154 Å². The lowest BCUT2D eigenvalue weighted by Crippen LogP contribution is -2.38. The first kappa shape index (κ1) is 18.4. The maximum Gasteiger partial charge on any atom is 0.310 e. The topological polar surface area (TPSA) is 51.5 Å². The largest absolute Gasteiger partial charge is 0.466 e. The number of carbonyl (C=O) groups excluding carboxylic acids is 1. The van der Waals surface area contributed by atoms with E-state index < -0.39 is 0 Å².